The first-order valence-corrected chi connectivity index (χ1v) is 6.69. The van der Waals surface area contributed by atoms with Crippen molar-refractivity contribution < 1.29 is 9.84 Å². The predicted molar refractivity (Wildman–Crippen MR) is 74.8 cm³/mol. The summed E-state index contributed by atoms with van der Waals surface area (Å²) in [7, 11) is 0. The Kier molecular flexibility index (Phi) is 6.16. The zero-order valence-electron chi connectivity index (χ0n) is 11.5. The van der Waals surface area contributed by atoms with Crippen LogP contribution in [0.2, 0.25) is 0 Å². The summed E-state index contributed by atoms with van der Waals surface area (Å²) < 4.78 is 5.60. The zero-order valence-corrected chi connectivity index (χ0v) is 11.5. The number of aliphatic hydroxyl groups is 1. The van der Waals surface area contributed by atoms with Gasteiger partial charge in [0.15, 0.2) is 0 Å². The van der Waals surface area contributed by atoms with Crippen LogP contribution < -0.4 is 10.5 Å². The van der Waals surface area contributed by atoms with Gasteiger partial charge in [0.1, 0.15) is 5.75 Å². The van der Waals surface area contributed by atoms with Crippen molar-refractivity contribution in [2.75, 3.05) is 13.2 Å². The first-order chi connectivity index (χ1) is 8.57. The fourth-order valence-electron chi connectivity index (χ4n) is 1.60. The maximum Gasteiger partial charge on any atom is 0.119 e. The molecule has 0 aliphatic heterocycles. The van der Waals surface area contributed by atoms with E-state index < -0.39 is 5.54 Å². The topological polar surface area (TPSA) is 55.5 Å². The first kappa shape index (κ1) is 15.0. The van der Waals surface area contributed by atoms with E-state index in [0.717, 1.165) is 38.0 Å². The summed E-state index contributed by atoms with van der Waals surface area (Å²) in [5.74, 6) is 0.921. The molecule has 0 aromatic heterocycles. The lowest BCUT2D eigenvalue weighted by Gasteiger charge is -2.21. The Balaban J connectivity index is 2.40. The molecule has 0 radical (unpaired) electrons. The van der Waals surface area contributed by atoms with Crippen LogP contribution in [0.1, 0.15) is 38.7 Å². The molecule has 0 heterocycles. The van der Waals surface area contributed by atoms with Crippen LogP contribution in [0.3, 0.4) is 0 Å². The van der Waals surface area contributed by atoms with E-state index in [1.54, 1.807) is 0 Å². The van der Waals surface area contributed by atoms with E-state index in [2.05, 4.69) is 19.1 Å². The fraction of sp³-hybridized carbons (Fsp3) is 0.600. The van der Waals surface area contributed by atoms with Gasteiger partial charge in [0.25, 0.3) is 0 Å². The number of hydrogen-bond acceptors (Lipinski definition) is 3. The number of benzene rings is 1. The molecule has 0 aliphatic carbocycles. The number of ether oxygens (including phenoxy) is 1. The summed E-state index contributed by atoms with van der Waals surface area (Å²) >= 11 is 0. The number of aliphatic hydroxyl groups excluding tert-OH is 1. The Labute approximate surface area is 110 Å². The van der Waals surface area contributed by atoms with Crippen molar-refractivity contribution in [1.82, 2.24) is 0 Å². The molecule has 0 spiro atoms. The van der Waals surface area contributed by atoms with Crippen molar-refractivity contribution in [3.05, 3.63) is 29.8 Å². The summed E-state index contributed by atoms with van der Waals surface area (Å²) in [6.07, 6.45) is 3.89. The normalized spacial score (nSPS) is 14.2. The molecule has 3 heteroatoms. The molecule has 1 aromatic carbocycles. The molecule has 0 aliphatic rings. The van der Waals surface area contributed by atoms with Crippen molar-refractivity contribution in [2.45, 2.75) is 45.1 Å². The van der Waals surface area contributed by atoms with Crippen molar-refractivity contribution in [3.8, 4) is 5.75 Å². The van der Waals surface area contributed by atoms with Crippen LogP contribution in [0.4, 0.5) is 0 Å². The van der Waals surface area contributed by atoms with Gasteiger partial charge in [-0.2, -0.15) is 0 Å². The Morgan fingerprint density at radius 1 is 1.28 bits per heavy atom. The summed E-state index contributed by atoms with van der Waals surface area (Å²) in [6.45, 7) is 4.82. The van der Waals surface area contributed by atoms with Crippen LogP contribution in [0.15, 0.2) is 24.3 Å². The van der Waals surface area contributed by atoms with Gasteiger partial charge < -0.3 is 15.6 Å². The standard InChI is InChI=1S/C15H25NO2/c1-3-4-11-18-14-7-5-13(6-8-14)9-10-15(2,16)12-17/h5-8,17H,3-4,9-12,16H2,1-2H3/t15-/m0/s1. The van der Waals surface area contributed by atoms with Gasteiger partial charge in [-0.3, -0.25) is 0 Å². The largest absolute Gasteiger partial charge is 0.494 e. The van der Waals surface area contributed by atoms with E-state index in [0.29, 0.717) is 0 Å². The molecular weight excluding hydrogens is 226 g/mol. The van der Waals surface area contributed by atoms with Crippen molar-refractivity contribution >= 4 is 0 Å². The highest BCUT2D eigenvalue weighted by Gasteiger charge is 2.16. The Morgan fingerprint density at radius 2 is 1.94 bits per heavy atom. The van der Waals surface area contributed by atoms with Gasteiger partial charge in [0.05, 0.1) is 13.2 Å². The van der Waals surface area contributed by atoms with E-state index >= 15 is 0 Å². The molecule has 0 amide bonds. The molecule has 18 heavy (non-hydrogen) atoms. The molecule has 3 N–H and O–H groups in total. The number of nitrogens with two attached hydrogens (primary N) is 1. The van der Waals surface area contributed by atoms with Crippen LogP contribution >= 0.6 is 0 Å². The molecule has 1 atom stereocenters. The smallest absolute Gasteiger partial charge is 0.119 e. The molecule has 0 unspecified atom stereocenters. The van der Waals surface area contributed by atoms with Crippen molar-refractivity contribution in [1.29, 1.82) is 0 Å². The molecular formula is C15H25NO2. The lowest BCUT2D eigenvalue weighted by atomic mass is 9.95. The molecule has 0 bridgehead atoms. The quantitative estimate of drug-likeness (QED) is 0.698. The average molecular weight is 251 g/mol. The van der Waals surface area contributed by atoms with Gasteiger partial charge >= 0.3 is 0 Å². The minimum atomic E-state index is -0.490. The minimum Gasteiger partial charge on any atom is -0.494 e. The van der Waals surface area contributed by atoms with Crippen LogP contribution in [0.25, 0.3) is 0 Å². The third-order valence-corrected chi connectivity index (χ3v) is 3.04. The van der Waals surface area contributed by atoms with Gasteiger partial charge in [0, 0.05) is 5.54 Å². The zero-order chi connectivity index (χ0) is 13.4. The molecule has 1 rings (SSSR count). The van der Waals surface area contributed by atoms with E-state index in [1.165, 1.54) is 5.56 Å². The third kappa shape index (κ3) is 5.52. The second-order valence-electron chi connectivity index (χ2n) is 5.16. The van der Waals surface area contributed by atoms with Crippen LogP contribution in [0.5, 0.6) is 5.75 Å². The Hall–Kier alpha value is -1.06. The van der Waals surface area contributed by atoms with Gasteiger partial charge in [-0.15, -0.1) is 0 Å². The van der Waals surface area contributed by atoms with Gasteiger partial charge in [-0.05, 0) is 43.9 Å². The van der Waals surface area contributed by atoms with Crippen LogP contribution in [-0.4, -0.2) is 23.9 Å². The maximum atomic E-state index is 9.09. The highest BCUT2D eigenvalue weighted by atomic mass is 16.5. The fourth-order valence-corrected chi connectivity index (χ4v) is 1.60. The van der Waals surface area contributed by atoms with Crippen LogP contribution in [0, 0.1) is 0 Å². The second-order valence-corrected chi connectivity index (χ2v) is 5.16. The second kappa shape index (κ2) is 7.39. The Bertz CT molecular complexity index is 333. The molecule has 3 nitrogen and oxygen atoms in total. The van der Waals surface area contributed by atoms with Crippen molar-refractivity contribution in [3.63, 3.8) is 0 Å². The number of hydrogen-bond donors (Lipinski definition) is 2. The highest BCUT2D eigenvalue weighted by molar-refractivity contribution is 5.27. The van der Waals surface area contributed by atoms with Gasteiger partial charge in [0.2, 0.25) is 0 Å². The SMILES string of the molecule is CCCCOc1ccc(CC[C@](C)(N)CO)cc1. The molecule has 0 saturated carbocycles. The van der Waals surface area contributed by atoms with E-state index in [4.69, 9.17) is 15.6 Å². The van der Waals surface area contributed by atoms with Crippen LogP contribution in [-0.2, 0) is 6.42 Å². The lowest BCUT2D eigenvalue weighted by Crippen LogP contribution is -2.40. The summed E-state index contributed by atoms with van der Waals surface area (Å²) in [6, 6.07) is 8.12. The molecule has 102 valence electrons. The first-order valence-electron chi connectivity index (χ1n) is 6.69. The van der Waals surface area contributed by atoms with Gasteiger partial charge in [-0.25, -0.2) is 0 Å². The monoisotopic (exact) mass is 251 g/mol. The van der Waals surface area contributed by atoms with E-state index in [9.17, 15) is 0 Å². The van der Waals surface area contributed by atoms with E-state index in [1.807, 2.05) is 19.1 Å². The molecule has 1 aromatic rings. The average Bonchev–Trinajstić information content (AvgIpc) is 2.38. The highest BCUT2D eigenvalue weighted by Crippen LogP contribution is 2.16. The molecule has 0 saturated heterocycles. The summed E-state index contributed by atoms with van der Waals surface area (Å²) in [5.41, 5.74) is 6.64. The Morgan fingerprint density at radius 3 is 2.50 bits per heavy atom. The van der Waals surface area contributed by atoms with Gasteiger partial charge in [-0.1, -0.05) is 25.5 Å². The summed E-state index contributed by atoms with van der Waals surface area (Å²) in [4.78, 5) is 0. The molecule has 0 fully saturated rings. The lowest BCUT2D eigenvalue weighted by molar-refractivity contribution is 0.200. The predicted octanol–water partition coefficient (Wildman–Crippen LogP) is 2.51. The maximum absolute atomic E-state index is 9.09. The number of unbranched alkanes of at least 4 members (excludes halogenated alkanes) is 1. The van der Waals surface area contributed by atoms with E-state index in [-0.39, 0.29) is 6.61 Å². The number of rotatable bonds is 8. The third-order valence-electron chi connectivity index (χ3n) is 3.04. The van der Waals surface area contributed by atoms with Crippen molar-refractivity contribution in [2.24, 2.45) is 5.73 Å². The summed E-state index contributed by atoms with van der Waals surface area (Å²) in [5, 5.41) is 9.09. The number of aryl methyl sites for hydroxylation is 1. The minimum absolute atomic E-state index is 0.0191.